The van der Waals surface area contributed by atoms with Crippen LogP contribution in [0.4, 0.5) is 4.39 Å². The number of halogens is 1. The minimum absolute atomic E-state index is 0.123. The molecule has 0 bridgehead atoms. The van der Waals surface area contributed by atoms with Crippen molar-refractivity contribution < 1.29 is 12.8 Å². The van der Waals surface area contributed by atoms with Crippen LogP contribution in [0.5, 0.6) is 0 Å². The molecule has 3 nitrogen and oxygen atoms in total. The molecule has 0 amide bonds. The molecule has 0 saturated heterocycles. The van der Waals surface area contributed by atoms with E-state index in [1.165, 1.54) is 31.4 Å². The Morgan fingerprint density at radius 1 is 1.21 bits per heavy atom. The second-order valence-electron chi connectivity index (χ2n) is 5.33. The van der Waals surface area contributed by atoms with Crippen LogP contribution in [0.25, 0.3) is 0 Å². The van der Waals surface area contributed by atoms with Gasteiger partial charge in [0.2, 0.25) is 10.0 Å². The van der Waals surface area contributed by atoms with Gasteiger partial charge in [-0.05, 0) is 42.5 Å². The zero-order valence-electron chi connectivity index (χ0n) is 11.1. The molecule has 0 aliphatic heterocycles. The summed E-state index contributed by atoms with van der Waals surface area (Å²) in [6.45, 7) is 2.65. The van der Waals surface area contributed by atoms with E-state index in [1.807, 2.05) is 0 Å². The Hall–Kier alpha value is -0.940. The highest BCUT2D eigenvalue weighted by atomic mass is 32.2. The van der Waals surface area contributed by atoms with E-state index >= 15 is 0 Å². The molecule has 0 aromatic heterocycles. The molecular formula is C14H20FNO2S. The highest BCUT2D eigenvalue weighted by Gasteiger charge is 2.23. The van der Waals surface area contributed by atoms with E-state index in [0.717, 1.165) is 18.6 Å². The summed E-state index contributed by atoms with van der Waals surface area (Å²) in [5, 5.41) is 0. The van der Waals surface area contributed by atoms with Crippen LogP contribution < -0.4 is 4.72 Å². The molecule has 2 rings (SSSR count). The molecule has 1 saturated carbocycles. The molecular weight excluding hydrogens is 265 g/mol. The van der Waals surface area contributed by atoms with Gasteiger partial charge in [0.15, 0.2) is 0 Å². The van der Waals surface area contributed by atoms with Crippen molar-refractivity contribution in [1.29, 1.82) is 0 Å². The predicted octanol–water partition coefficient (Wildman–Crippen LogP) is 2.93. The topological polar surface area (TPSA) is 46.2 Å². The molecule has 2 unspecified atom stereocenters. The lowest BCUT2D eigenvalue weighted by molar-refractivity contribution is 0.257. The molecule has 106 valence electrons. The molecule has 5 heteroatoms. The minimum Gasteiger partial charge on any atom is -0.211 e. The highest BCUT2D eigenvalue weighted by molar-refractivity contribution is 7.89. The quantitative estimate of drug-likeness (QED) is 0.924. The van der Waals surface area contributed by atoms with Crippen LogP contribution in [-0.4, -0.2) is 15.0 Å². The van der Waals surface area contributed by atoms with Crippen LogP contribution in [0.3, 0.4) is 0 Å². The van der Waals surface area contributed by atoms with E-state index in [4.69, 9.17) is 0 Å². The average Bonchev–Trinajstić information content (AvgIpc) is 2.38. The standard InChI is InChI=1S/C14H20FNO2S/c1-11-4-2-3-5-12(11)10-16-19(17,18)14-8-6-13(15)7-9-14/h6-9,11-12,16H,2-5,10H2,1H3. The van der Waals surface area contributed by atoms with Crippen molar-refractivity contribution in [3.63, 3.8) is 0 Å². The fourth-order valence-electron chi connectivity index (χ4n) is 2.61. The van der Waals surface area contributed by atoms with Gasteiger partial charge >= 0.3 is 0 Å². The first kappa shape index (κ1) is 14.5. The van der Waals surface area contributed by atoms with Gasteiger partial charge in [0.25, 0.3) is 0 Å². The van der Waals surface area contributed by atoms with E-state index in [1.54, 1.807) is 0 Å². The molecule has 0 heterocycles. The summed E-state index contributed by atoms with van der Waals surface area (Å²) >= 11 is 0. The van der Waals surface area contributed by atoms with Gasteiger partial charge in [-0.3, -0.25) is 0 Å². The van der Waals surface area contributed by atoms with Crippen LogP contribution in [0.2, 0.25) is 0 Å². The van der Waals surface area contributed by atoms with Crippen LogP contribution in [0.1, 0.15) is 32.6 Å². The Balaban J connectivity index is 1.99. The lowest BCUT2D eigenvalue weighted by atomic mass is 9.81. The first-order valence-corrected chi connectivity index (χ1v) is 8.22. The fraction of sp³-hybridized carbons (Fsp3) is 0.571. The third-order valence-corrected chi connectivity index (χ3v) is 5.39. The first-order valence-electron chi connectivity index (χ1n) is 6.74. The van der Waals surface area contributed by atoms with Crippen molar-refractivity contribution in [2.24, 2.45) is 11.8 Å². The second kappa shape index (κ2) is 6.01. The van der Waals surface area contributed by atoms with Crippen molar-refractivity contribution in [1.82, 2.24) is 4.72 Å². The van der Waals surface area contributed by atoms with E-state index in [9.17, 15) is 12.8 Å². The second-order valence-corrected chi connectivity index (χ2v) is 7.09. The summed E-state index contributed by atoms with van der Waals surface area (Å²) in [5.74, 6) is 0.536. The van der Waals surface area contributed by atoms with Gasteiger partial charge in [-0.1, -0.05) is 26.2 Å². The van der Waals surface area contributed by atoms with Crippen molar-refractivity contribution in [2.75, 3.05) is 6.54 Å². The van der Waals surface area contributed by atoms with Gasteiger partial charge in [-0.2, -0.15) is 0 Å². The Morgan fingerprint density at radius 3 is 2.47 bits per heavy atom. The summed E-state index contributed by atoms with van der Waals surface area (Å²) in [7, 11) is -3.52. The summed E-state index contributed by atoms with van der Waals surface area (Å²) in [4.78, 5) is 0.123. The number of nitrogens with one attached hydrogen (secondary N) is 1. The number of hydrogen-bond donors (Lipinski definition) is 1. The Kier molecular flexibility index (Phi) is 4.58. The molecule has 0 spiro atoms. The van der Waals surface area contributed by atoms with Crippen molar-refractivity contribution in [2.45, 2.75) is 37.5 Å². The lowest BCUT2D eigenvalue weighted by Gasteiger charge is -2.28. The Bertz CT molecular complexity index is 513. The Labute approximate surface area is 114 Å². The monoisotopic (exact) mass is 285 g/mol. The molecule has 1 aliphatic rings. The van der Waals surface area contributed by atoms with Crippen molar-refractivity contribution in [3.05, 3.63) is 30.1 Å². The average molecular weight is 285 g/mol. The smallest absolute Gasteiger partial charge is 0.211 e. The SMILES string of the molecule is CC1CCCCC1CNS(=O)(=O)c1ccc(F)cc1. The maximum atomic E-state index is 12.8. The summed E-state index contributed by atoms with van der Waals surface area (Å²) < 4.78 is 39.6. The van der Waals surface area contributed by atoms with Gasteiger partial charge in [-0.25, -0.2) is 17.5 Å². The maximum Gasteiger partial charge on any atom is 0.240 e. The van der Waals surface area contributed by atoms with E-state index in [-0.39, 0.29) is 4.90 Å². The lowest BCUT2D eigenvalue weighted by Crippen LogP contribution is -2.33. The van der Waals surface area contributed by atoms with Gasteiger partial charge in [-0.15, -0.1) is 0 Å². The predicted molar refractivity (Wildman–Crippen MR) is 72.7 cm³/mol. The van der Waals surface area contributed by atoms with Gasteiger partial charge in [0, 0.05) is 6.54 Å². The first-order chi connectivity index (χ1) is 8.99. The van der Waals surface area contributed by atoms with Crippen LogP contribution in [0, 0.1) is 17.7 Å². The van der Waals surface area contributed by atoms with Crippen LogP contribution in [-0.2, 0) is 10.0 Å². The summed E-state index contributed by atoms with van der Waals surface area (Å²) in [6, 6.07) is 4.92. The van der Waals surface area contributed by atoms with Gasteiger partial charge in [0.05, 0.1) is 4.90 Å². The number of sulfonamides is 1. The summed E-state index contributed by atoms with van der Waals surface area (Å²) in [5.41, 5.74) is 0. The van der Waals surface area contributed by atoms with Crippen molar-refractivity contribution >= 4 is 10.0 Å². The largest absolute Gasteiger partial charge is 0.240 e. The zero-order valence-corrected chi connectivity index (χ0v) is 11.9. The normalized spacial score (nSPS) is 24.3. The fourth-order valence-corrected chi connectivity index (χ4v) is 3.70. The molecule has 1 aliphatic carbocycles. The highest BCUT2D eigenvalue weighted by Crippen LogP contribution is 2.29. The van der Waals surface area contributed by atoms with Crippen LogP contribution in [0.15, 0.2) is 29.2 Å². The van der Waals surface area contributed by atoms with Gasteiger partial charge in [0.1, 0.15) is 5.82 Å². The molecule has 19 heavy (non-hydrogen) atoms. The third-order valence-electron chi connectivity index (χ3n) is 3.95. The molecule has 1 aromatic rings. The molecule has 1 aromatic carbocycles. The maximum absolute atomic E-state index is 12.8. The number of rotatable bonds is 4. The Morgan fingerprint density at radius 2 is 1.84 bits per heavy atom. The van der Waals surface area contributed by atoms with E-state index in [0.29, 0.717) is 18.4 Å². The minimum atomic E-state index is -3.52. The molecule has 0 radical (unpaired) electrons. The number of benzene rings is 1. The zero-order chi connectivity index (χ0) is 13.9. The van der Waals surface area contributed by atoms with Crippen LogP contribution >= 0.6 is 0 Å². The van der Waals surface area contributed by atoms with Crippen molar-refractivity contribution in [3.8, 4) is 0 Å². The number of hydrogen-bond acceptors (Lipinski definition) is 2. The molecule has 1 fully saturated rings. The van der Waals surface area contributed by atoms with E-state index < -0.39 is 15.8 Å². The molecule has 1 N–H and O–H groups in total. The summed E-state index contributed by atoms with van der Waals surface area (Å²) in [6.07, 6.45) is 4.66. The van der Waals surface area contributed by atoms with E-state index in [2.05, 4.69) is 11.6 Å². The van der Waals surface area contributed by atoms with Gasteiger partial charge < -0.3 is 0 Å². The third kappa shape index (κ3) is 3.76. The molecule has 2 atom stereocenters.